The first-order valence-corrected chi connectivity index (χ1v) is 7.93. The maximum atomic E-state index is 12.1. The minimum atomic E-state index is -3.39. The molecular formula is C13H20N2O3S. The van der Waals surface area contributed by atoms with Crippen molar-refractivity contribution in [2.45, 2.75) is 30.8 Å². The van der Waals surface area contributed by atoms with Crippen LogP contribution in [0.5, 0.6) is 0 Å². The van der Waals surface area contributed by atoms with Gasteiger partial charge in [-0.25, -0.2) is 13.1 Å². The Morgan fingerprint density at radius 3 is 2.84 bits per heavy atom. The van der Waals surface area contributed by atoms with Crippen molar-refractivity contribution >= 4 is 10.0 Å². The monoisotopic (exact) mass is 284 g/mol. The molecule has 1 aliphatic heterocycles. The molecule has 0 unspecified atom stereocenters. The van der Waals surface area contributed by atoms with Crippen LogP contribution in [0, 0.1) is 0 Å². The molecule has 0 fully saturated rings. The Morgan fingerprint density at radius 2 is 2.05 bits per heavy atom. The molecule has 2 N–H and O–H groups in total. The molecule has 2 rings (SSSR count). The number of unbranched alkanes of at least 4 members (excludes halogenated alkanes) is 1. The molecule has 19 heavy (non-hydrogen) atoms. The van der Waals surface area contributed by atoms with Gasteiger partial charge in [0, 0.05) is 33.4 Å². The van der Waals surface area contributed by atoms with Crippen LogP contribution < -0.4 is 10.0 Å². The van der Waals surface area contributed by atoms with Gasteiger partial charge in [-0.1, -0.05) is 6.07 Å². The normalized spacial score (nSPS) is 14.6. The van der Waals surface area contributed by atoms with Crippen LogP contribution in [-0.4, -0.2) is 28.7 Å². The van der Waals surface area contributed by atoms with E-state index in [-0.39, 0.29) is 0 Å². The highest BCUT2D eigenvalue weighted by atomic mass is 32.2. The molecule has 0 radical (unpaired) electrons. The van der Waals surface area contributed by atoms with Crippen molar-refractivity contribution in [3.05, 3.63) is 29.3 Å². The molecule has 0 aromatic heterocycles. The Kier molecular flexibility index (Phi) is 4.93. The third kappa shape index (κ3) is 3.76. The fourth-order valence-corrected chi connectivity index (χ4v) is 3.22. The summed E-state index contributed by atoms with van der Waals surface area (Å²) in [6, 6.07) is 5.31. The van der Waals surface area contributed by atoms with Crippen molar-refractivity contribution in [1.82, 2.24) is 10.0 Å². The van der Waals surface area contributed by atoms with Gasteiger partial charge in [0.1, 0.15) is 0 Å². The van der Waals surface area contributed by atoms with E-state index in [1.54, 1.807) is 19.2 Å². The minimum Gasteiger partial charge on any atom is -0.385 e. The van der Waals surface area contributed by atoms with E-state index in [1.165, 1.54) is 5.56 Å². The summed E-state index contributed by atoms with van der Waals surface area (Å²) in [6.45, 7) is 2.67. The molecule has 0 aliphatic carbocycles. The third-order valence-corrected chi connectivity index (χ3v) is 4.64. The zero-order valence-electron chi connectivity index (χ0n) is 11.1. The van der Waals surface area contributed by atoms with Crippen LogP contribution in [0.25, 0.3) is 0 Å². The molecule has 1 aromatic carbocycles. The van der Waals surface area contributed by atoms with Crippen molar-refractivity contribution < 1.29 is 13.2 Å². The van der Waals surface area contributed by atoms with Gasteiger partial charge in [0.05, 0.1) is 4.90 Å². The first-order valence-electron chi connectivity index (χ1n) is 6.44. The molecule has 0 spiro atoms. The molecule has 5 nitrogen and oxygen atoms in total. The Morgan fingerprint density at radius 1 is 1.26 bits per heavy atom. The second kappa shape index (κ2) is 6.47. The van der Waals surface area contributed by atoms with Gasteiger partial charge in [-0.15, -0.1) is 0 Å². The third-order valence-electron chi connectivity index (χ3n) is 3.19. The lowest BCUT2D eigenvalue weighted by atomic mass is 10.1. The lowest BCUT2D eigenvalue weighted by molar-refractivity contribution is 0.193. The van der Waals surface area contributed by atoms with Crippen LogP contribution in [0.15, 0.2) is 23.1 Å². The van der Waals surface area contributed by atoms with Crippen molar-refractivity contribution in [2.24, 2.45) is 0 Å². The van der Waals surface area contributed by atoms with Crippen LogP contribution in [0.4, 0.5) is 0 Å². The number of hydrogen-bond acceptors (Lipinski definition) is 4. The fourth-order valence-electron chi connectivity index (χ4n) is 2.10. The van der Waals surface area contributed by atoms with Crippen LogP contribution in [-0.2, 0) is 27.8 Å². The molecule has 1 heterocycles. The number of ether oxygens (including phenoxy) is 1. The zero-order chi connectivity index (χ0) is 13.7. The Hall–Kier alpha value is -0.950. The molecule has 0 atom stereocenters. The van der Waals surface area contributed by atoms with Gasteiger partial charge in [0.2, 0.25) is 10.0 Å². The van der Waals surface area contributed by atoms with Gasteiger partial charge in [-0.2, -0.15) is 0 Å². The van der Waals surface area contributed by atoms with E-state index in [9.17, 15) is 8.42 Å². The smallest absolute Gasteiger partial charge is 0.240 e. The van der Waals surface area contributed by atoms with Crippen molar-refractivity contribution in [3.8, 4) is 0 Å². The Bertz CT molecular complexity index is 529. The summed E-state index contributed by atoms with van der Waals surface area (Å²) >= 11 is 0. The highest BCUT2D eigenvalue weighted by Crippen LogP contribution is 2.19. The van der Waals surface area contributed by atoms with Crippen LogP contribution in [0.3, 0.4) is 0 Å². The van der Waals surface area contributed by atoms with Gasteiger partial charge >= 0.3 is 0 Å². The molecule has 1 aromatic rings. The molecule has 0 amide bonds. The molecule has 0 bridgehead atoms. The highest BCUT2D eigenvalue weighted by Gasteiger charge is 2.17. The number of nitrogens with one attached hydrogen (secondary N) is 2. The summed E-state index contributed by atoms with van der Waals surface area (Å²) < 4.78 is 31.8. The number of fused-ring (bicyclic) bond motifs is 1. The highest BCUT2D eigenvalue weighted by molar-refractivity contribution is 7.89. The molecule has 106 valence electrons. The second-order valence-corrected chi connectivity index (χ2v) is 6.40. The maximum Gasteiger partial charge on any atom is 0.240 e. The average Bonchev–Trinajstić information content (AvgIpc) is 2.85. The first-order chi connectivity index (χ1) is 9.13. The van der Waals surface area contributed by atoms with Crippen LogP contribution in [0.2, 0.25) is 0 Å². The van der Waals surface area contributed by atoms with E-state index in [2.05, 4.69) is 10.0 Å². The van der Waals surface area contributed by atoms with E-state index >= 15 is 0 Å². The Labute approximate surface area is 114 Å². The van der Waals surface area contributed by atoms with Crippen molar-refractivity contribution in [1.29, 1.82) is 0 Å². The summed E-state index contributed by atoms with van der Waals surface area (Å²) in [5.74, 6) is 0. The summed E-state index contributed by atoms with van der Waals surface area (Å²) in [6.07, 6.45) is 1.63. The maximum absolute atomic E-state index is 12.1. The summed E-state index contributed by atoms with van der Waals surface area (Å²) in [4.78, 5) is 0.349. The predicted octanol–water partition coefficient (Wildman–Crippen LogP) is 0.995. The van der Waals surface area contributed by atoms with Gasteiger partial charge in [0.25, 0.3) is 0 Å². The topological polar surface area (TPSA) is 67.4 Å². The van der Waals surface area contributed by atoms with Gasteiger partial charge < -0.3 is 10.1 Å². The van der Waals surface area contributed by atoms with E-state index in [4.69, 9.17) is 4.74 Å². The molecule has 0 saturated heterocycles. The summed E-state index contributed by atoms with van der Waals surface area (Å²) in [5.41, 5.74) is 2.25. The SMILES string of the molecule is COCCCCNS(=O)(=O)c1ccc2c(c1)CNC2. The van der Waals surface area contributed by atoms with Gasteiger partial charge in [-0.3, -0.25) is 0 Å². The number of benzene rings is 1. The predicted molar refractivity (Wildman–Crippen MR) is 73.3 cm³/mol. The molecule has 6 heteroatoms. The first kappa shape index (κ1) is 14.5. The van der Waals surface area contributed by atoms with E-state index in [0.717, 1.165) is 31.5 Å². The van der Waals surface area contributed by atoms with Crippen LogP contribution in [0.1, 0.15) is 24.0 Å². The summed E-state index contributed by atoms with van der Waals surface area (Å²) in [7, 11) is -1.75. The fraction of sp³-hybridized carbons (Fsp3) is 0.538. The number of hydrogen-bond donors (Lipinski definition) is 2. The standard InChI is InChI=1S/C13H20N2O3S/c1-18-7-3-2-6-15-19(16,17)13-5-4-11-9-14-10-12(11)8-13/h4-5,8,14-15H,2-3,6-7,9-10H2,1H3. The number of rotatable bonds is 7. The minimum absolute atomic E-state index is 0.349. The summed E-state index contributed by atoms with van der Waals surface area (Å²) in [5, 5.41) is 3.20. The lowest BCUT2D eigenvalue weighted by Gasteiger charge is -2.08. The van der Waals surface area contributed by atoms with Gasteiger partial charge in [-0.05, 0) is 36.1 Å². The molecular weight excluding hydrogens is 264 g/mol. The number of methoxy groups -OCH3 is 1. The van der Waals surface area contributed by atoms with E-state index in [1.807, 2.05) is 6.07 Å². The zero-order valence-corrected chi connectivity index (χ0v) is 11.9. The quantitative estimate of drug-likeness (QED) is 0.733. The molecule has 1 aliphatic rings. The van der Waals surface area contributed by atoms with Crippen molar-refractivity contribution in [2.75, 3.05) is 20.3 Å². The van der Waals surface area contributed by atoms with E-state index in [0.29, 0.717) is 18.0 Å². The average molecular weight is 284 g/mol. The van der Waals surface area contributed by atoms with Crippen LogP contribution >= 0.6 is 0 Å². The second-order valence-electron chi connectivity index (χ2n) is 4.63. The number of sulfonamides is 1. The Balaban J connectivity index is 1.95. The van der Waals surface area contributed by atoms with Crippen molar-refractivity contribution in [3.63, 3.8) is 0 Å². The van der Waals surface area contributed by atoms with Gasteiger partial charge in [0.15, 0.2) is 0 Å². The van der Waals surface area contributed by atoms with E-state index < -0.39 is 10.0 Å². The molecule has 0 saturated carbocycles. The lowest BCUT2D eigenvalue weighted by Crippen LogP contribution is -2.25. The largest absolute Gasteiger partial charge is 0.385 e.